The maximum absolute atomic E-state index is 10.7. The minimum Gasteiger partial charge on any atom is -0.481 e. The van der Waals surface area contributed by atoms with Gasteiger partial charge in [-0.25, -0.2) is 0 Å². The van der Waals surface area contributed by atoms with Gasteiger partial charge in [0.1, 0.15) is 0 Å². The molecule has 1 aromatic carbocycles. The Bertz CT molecular complexity index is 408. The second kappa shape index (κ2) is 6.05. The molecule has 0 fully saturated rings. The van der Waals surface area contributed by atoms with Crippen molar-refractivity contribution < 1.29 is 9.90 Å². The molecule has 1 unspecified atom stereocenters. The summed E-state index contributed by atoms with van der Waals surface area (Å²) in [6, 6.07) is 11.8. The van der Waals surface area contributed by atoms with E-state index >= 15 is 0 Å². The molecule has 1 N–H and O–H groups in total. The molecule has 0 saturated heterocycles. The number of rotatable bonds is 6. The minimum atomic E-state index is -0.850. The fourth-order valence-electron chi connectivity index (χ4n) is 2.09. The predicted octanol–water partition coefficient (Wildman–Crippen LogP) is 3.11. The standard InChI is InChI=1S/C14H17NO2/c1-2-9-14(11-15,10-8-13(16)17)12-6-4-3-5-7-12/h3-7H,2,8-10H2,1H3,(H,16,17). The molecule has 0 amide bonds. The second-order valence-electron chi connectivity index (χ2n) is 4.20. The highest BCUT2D eigenvalue weighted by atomic mass is 16.4. The van der Waals surface area contributed by atoms with Gasteiger partial charge in [0.15, 0.2) is 0 Å². The third kappa shape index (κ3) is 3.32. The number of nitriles is 1. The number of nitrogens with zero attached hydrogens (tertiary/aromatic N) is 1. The smallest absolute Gasteiger partial charge is 0.303 e. The van der Waals surface area contributed by atoms with E-state index in [4.69, 9.17) is 5.11 Å². The summed E-state index contributed by atoms with van der Waals surface area (Å²) in [5, 5.41) is 18.2. The Morgan fingerprint density at radius 1 is 1.35 bits per heavy atom. The molecule has 0 aliphatic rings. The fourth-order valence-corrected chi connectivity index (χ4v) is 2.09. The number of hydrogen-bond donors (Lipinski definition) is 1. The van der Waals surface area contributed by atoms with Crippen molar-refractivity contribution in [1.29, 1.82) is 5.26 Å². The summed E-state index contributed by atoms with van der Waals surface area (Å²) >= 11 is 0. The fraction of sp³-hybridized carbons (Fsp3) is 0.429. The monoisotopic (exact) mass is 231 g/mol. The lowest BCUT2D eigenvalue weighted by Crippen LogP contribution is -2.25. The molecule has 1 aromatic rings. The van der Waals surface area contributed by atoms with Crippen LogP contribution in [0, 0.1) is 11.3 Å². The minimum absolute atomic E-state index is 0.0302. The number of benzene rings is 1. The molecule has 0 aliphatic carbocycles. The highest BCUT2D eigenvalue weighted by Crippen LogP contribution is 2.33. The Morgan fingerprint density at radius 3 is 2.47 bits per heavy atom. The Kier molecular flexibility index (Phi) is 4.71. The first-order chi connectivity index (χ1) is 8.14. The number of carbonyl (C=O) groups is 1. The van der Waals surface area contributed by atoms with E-state index in [0.717, 1.165) is 12.0 Å². The van der Waals surface area contributed by atoms with Crippen LogP contribution in [0.2, 0.25) is 0 Å². The maximum atomic E-state index is 10.7. The zero-order chi connectivity index (χ0) is 12.7. The lowest BCUT2D eigenvalue weighted by molar-refractivity contribution is -0.137. The van der Waals surface area contributed by atoms with Crippen molar-refractivity contribution in [1.82, 2.24) is 0 Å². The van der Waals surface area contributed by atoms with E-state index in [1.54, 1.807) is 0 Å². The summed E-state index contributed by atoms with van der Waals surface area (Å²) in [5.41, 5.74) is 0.264. The molecule has 0 spiro atoms. The van der Waals surface area contributed by atoms with Gasteiger partial charge in [-0.05, 0) is 18.4 Å². The van der Waals surface area contributed by atoms with Gasteiger partial charge in [0.2, 0.25) is 0 Å². The van der Waals surface area contributed by atoms with E-state index in [-0.39, 0.29) is 6.42 Å². The van der Waals surface area contributed by atoms with Gasteiger partial charge in [0, 0.05) is 6.42 Å². The lowest BCUT2D eigenvalue weighted by Gasteiger charge is -2.26. The molecular formula is C14H17NO2. The van der Waals surface area contributed by atoms with Crippen LogP contribution in [0.1, 0.15) is 38.2 Å². The van der Waals surface area contributed by atoms with Crippen LogP contribution in [0.5, 0.6) is 0 Å². The van der Waals surface area contributed by atoms with E-state index in [1.807, 2.05) is 37.3 Å². The molecule has 1 rings (SSSR count). The van der Waals surface area contributed by atoms with Gasteiger partial charge in [-0.3, -0.25) is 4.79 Å². The van der Waals surface area contributed by atoms with Crippen LogP contribution in [0.3, 0.4) is 0 Å². The van der Waals surface area contributed by atoms with Crippen molar-refractivity contribution >= 4 is 5.97 Å². The predicted molar refractivity (Wildman–Crippen MR) is 65.5 cm³/mol. The Labute approximate surface area is 102 Å². The Morgan fingerprint density at radius 2 is 2.00 bits per heavy atom. The number of carboxylic acids is 1. The van der Waals surface area contributed by atoms with Crippen molar-refractivity contribution in [3.8, 4) is 6.07 Å². The van der Waals surface area contributed by atoms with Crippen LogP contribution in [0.25, 0.3) is 0 Å². The largest absolute Gasteiger partial charge is 0.481 e. The second-order valence-corrected chi connectivity index (χ2v) is 4.20. The molecule has 0 heterocycles. The van der Waals surface area contributed by atoms with E-state index in [2.05, 4.69) is 6.07 Å². The van der Waals surface area contributed by atoms with Crippen molar-refractivity contribution in [3.63, 3.8) is 0 Å². The van der Waals surface area contributed by atoms with Crippen LogP contribution in [0.4, 0.5) is 0 Å². The first-order valence-corrected chi connectivity index (χ1v) is 5.83. The number of carboxylic acid groups (broad SMARTS) is 1. The first-order valence-electron chi connectivity index (χ1n) is 5.83. The summed E-state index contributed by atoms with van der Waals surface area (Å²) in [4.78, 5) is 10.7. The van der Waals surface area contributed by atoms with E-state index in [9.17, 15) is 10.1 Å². The highest BCUT2D eigenvalue weighted by Gasteiger charge is 2.31. The van der Waals surface area contributed by atoms with Gasteiger partial charge in [0.25, 0.3) is 0 Å². The van der Waals surface area contributed by atoms with E-state index < -0.39 is 11.4 Å². The van der Waals surface area contributed by atoms with Crippen molar-refractivity contribution in [3.05, 3.63) is 35.9 Å². The molecule has 1 atom stereocenters. The zero-order valence-corrected chi connectivity index (χ0v) is 10.0. The molecule has 3 nitrogen and oxygen atoms in total. The van der Waals surface area contributed by atoms with Gasteiger partial charge >= 0.3 is 5.97 Å². The zero-order valence-electron chi connectivity index (χ0n) is 10.0. The van der Waals surface area contributed by atoms with Crippen molar-refractivity contribution in [2.75, 3.05) is 0 Å². The van der Waals surface area contributed by atoms with Gasteiger partial charge < -0.3 is 5.11 Å². The van der Waals surface area contributed by atoms with Crippen LogP contribution in [-0.4, -0.2) is 11.1 Å². The molecule has 3 heteroatoms. The van der Waals surface area contributed by atoms with Crippen LogP contribution in [0.15, 0.2) is 30.3 Å². The van der Waals surface area contributed by atoms with Crippen molar-refractivity contribution in [2.45, 2.75) is 38.0 Å². The van der Waals surface area contributed by atoms with Crippen LogP contribution in [-0.2, 0) is 10.2 Å². The van der Waals surface area contributed by atoms with Crippen LogP contribution < -0.4 is 0 Å². The molecule has 0 saturated carbocycles. The highest BCUT2D eigenvalue weighted by molar-refractivity contribution is 5.67. The Balaban J connectivity index is 3.01. The average molecular weight is 231 g/mol. The quantitative estimate of drug-likeness (QED) is 0.818. The van der Waals surface area contributed by atoms with Gasteiger partial charge in [-0.1, -0.05) is 43.7 Å². The molecular weight excluding hydrogens is 214 g/mol. The Hall–Kier alpha value is -1.82. The average Bonchev–Trinajstić information content (AvgIpc) is 2.35. The summed E-state index contributed by atoms with van der Waals surface area (Å²) in [6.07, 6.45) is 1.96. The third-order valence-corrected chi connectivity index (χ3v) is 2.98. The van der Waals surface area contributed by atoms with Gasteiger partial charge in [-0.15, -0.1) is 0 Å². The molecule has 0 bridgehead atoms. The summed E-state index contributed by atoms with van der Waals surface area (Å²) in [6.45, 7) is 2.01. The number of hydrogen-bond acceptors (Lipinski definition) is 2. The molecule has 17 heavy (non-hydrogen) atoms. The molecule has 0 radical (unpaired) electrons. The maximum Gasteiger partial charge on any atom is 0.303 e. The van der Waals surface area contributed by atoms with Gasteiger partial charge in [0.05, 0.1) is 11.5 Å². The van der Waals surface area contributed by atoms with Gasteiger partial charge in [-0.2, -0.15) is 5.26 Å². The first kappa shape index (κ1) is 13.2. The number of aliphatic carboxylic acids is 1. The van der Waals surface area contributed by atoms with E-state index in [1.165, 1.54) is 0 Å². The molecule has 0 aromatic heterocycles. The van der Waals surface area contributed by atoms with Crippen molar-refractivity contribution in [2.24, 2.45) is 0 Å². The lowest BCUT2D eigenvalue weighted by atomic mass is 9.74. The summed E-state index contributed by atoms with van der Waals surface area (Å²) < 4.78 is 0. The molecule has 0 aliphatic heterocycles. The van der Waals surface area contributed by atoms with E-state index in [0.29, 0.717) is 12.8 Å². The third-order valence-electron chi connectivity index (χ3n) is 2.98. The summed E-state index contributed by atoms with van der Waals surface area (Å²) in [7, 11) is 0. The normalized spacial score (nSPS) is 13.6. The topological polar surface area (TPSA) is 61.1 Å². The molecule has 90 valence electrons. The van der Waals surface area contributed by atoms with Crippen LogP contribution >= 0.6 is 0 Å². The summed E-state index contributed by atoms with van der Waals surface area (Å²) in [5.74, 6) is -0.850. The SMILES string of the molecule is CCCC(C#N)(CCC(=O)O)c1ccccc1.